The van der Waals surface area contributed by atoms with Crippen LogP contribution in [0.1, 0.15) is 5.56 Å². The van der Waals surface area contributed by atoms with E-state index >= 15 is 0 Å². The third-order valence-corrected chi connectivity index (χ3v) is 3.59. The number of anilines is 2. The lowest BCUT2D eigenvalue weighted by atomic mass is 10.0. The summed E-state index contributed by atoms with van der Waals surface area (Å²) in [6, 6.07) is 23.7. The summed E-state index contributed by atoms with van der Waals surface area (Å²) in [5, 5.41) is 12.7. The molecule has 0 unspecified atom stereocenters. The molecule has 0 bridgehead atoms. The average Bonchev–Trinajstić information content (AvgIpc) is 2.56. The van der Waals surface area contributed by atoms with Crippen LogP contribution in [0.5, 0.6) is 0 Å². The highest BCUT2D eigenvalue weighted by molar-refractivity contribution is 7.71. The first-order valence-electron chi connectivity index (χ1n) is 6.83. The topological polar surface area (TPSA) is 51.6 Å². The number of benzene rings is 2. The van der Waals surface area contributed by atoms with Crippen molar-refractivity contribution in [3.05, 3.63) is 76.9 Å². The Morgan fingerprint density at radius 3 is 2.23 bits per heavy atom. The summed E-state index contributed by atoms with van der Waals surface area (Å²) in [7, 11) is 0. The molecule has 0 spiro atoms. The molecule has 2 aromatic carbocycles. The first kappa shape index (κ1) is 14.1. The van der Waals surface area contributed by atoms with Gasteiger partial charge in [0, 0.05) is 11.3 Å². The van der Waals surface area contributed by atoms with Crippen molar-refractivity contribution in [2.45, 2.75) is 0 Å². The molecule has 0 fully saturated rings. The summed E-state index contributed by atoms with van der Waals surface area (Å²) in [6.45, 7) is 0. The molecule has 4 heteroatoms. The molecule has 0 aliphatic rings. The molecule has 1 aromatic heterocycles. The van der Waals surface area contributed by atoms with Gasteiger partial charge in [0.05, 0.1) is 5.56 Å². The number of nitriles is 1. The second-order valence-corrected chi connectivity index (χ2v) is 5.18. The number of rotatable bonds is 3. The fourth-order valence-electron chi connectivity index (χ4n) is 2.26. The zero-order valence-corrected chi connectivity index (χ0v) is 12.5. The third kappa shape index (κ3) is 2.90. The number of aromatic nitrogens is 1. The highest BCUT2D eigenvalue weighted by Gasteiger charge is 2.09. The molecular weight excluding hydrogens is 290 g/mol. The van der Waals surface area contributed by atoms with Crippen molar-refractivity contribution < 1.29 is 0 Å². The van der Waals surface area contributed by atoms with Gasteiger partial charge in [-0.3, -0.25) is 0 Å². The number of aromatic amines is 1. The number of hydrogen-bond acceptors (Lipinski definition) is 3. The van der Waals surface area contributed by atoms with Crippen molar-refractivity contribution in [1.82, 2.24) is 4.98 Å². The minimum Gasteiger partial charge on any atom is -0.342 e. The first-order valence-corrected chi connectivity index (χ1v) is 7.23. The second kappa shape index (κ2) is 6.25. The maximum absolute atomic E-state index is 9.38. The zero-order valence-electron chi connectivity index (χ0n) is 11.7. The predicted molar refractivity (Wildman–Crippen MR) is 91.5 cm³/mol. The van der Waals surface area contributed by atoms with Gasteiger partial charge in [-0.2, -0.15) is 5.26 Å². The molecule has 3 rings (SSSR count). The number of nitrogens with zero attached hydrogens (tertiary/aromatic N) is 1. The molecule has 22 heavy (non-hydrogen) atoms. The van der Waals surface area contributed by atoms with Crippen LogP contribution in [0.15, 0.2) is 66.7 Å². The average molecular weight is 303 g/mol. The van der Waals surface area contributed by atoms with Crippen LogP contribution in [0.4, 0.5) is 11.5 Å². The van der Waals surface area contributed by atoms with Gasteiger partial charge < -0.3 is 10.3 Å². The molecule has 0 aliphatic carbocycles. The molecule has 3 nitrogen and oxygen atoms in total. The molecule has 3 aromatic rings. The van der Waals surface area contributed by atoms with Gasteiger partial charge >= 0.3 is 0 Å². The van der Waals surface area contributed by atoms with Crippen LogP contribution >= 0.6 is 12.2 Å². The number of pyridine rings is 1. The summed E-state index contributed by atoms with van der Waals surface area (Å²) in [5.74, 6) is 0.758. The van der Waals surface area contributed by atoms with Crippen molar-refractivity contribution >= 4 is 23.7 Å². The molecule has 0 amide bonds. The third-order valence-electron chi connectivity index (χ3n) is 3.28. The summed E-state index contributed by atoms with van der Waals surface area (Å²) >= 11 is 5.32. The fourth-order valence-corrected chi connectivity index (χ4v) is 2.53. The molecule has 0 saturated carbocycles. The number of para-hydroxylation sites is 1. The van der Waals surface area contributed by atoms with Gasteiger partial charge in [0.15, 0.2) is 0 Å². The second-order valence-electron chi connectivity index (χ2n) is 4.77. The lowest BCUT2D eigenvalue weighted by molar-refractivity contribution is 1.26. The van der Waals surface area contributed by atoms with E-state index in [1.54, 1.807) is 0 Å². The quantitative estimate of drug-likeness (QED) is 0.667. The van der Waals surface area contributed by atoms with Crippen LogP contribution in [0.2, 0.25) is 0 Å². The Bertz CT molecular complexity index is 878. The Morgan fingerprint density at radius 2 is 1.59 bits per heavy atom. The first-order chi connectivity index (χ1) is 10.8. The monoisotopic (exact) mass is 303 g/mol. The van der Waals surface area contributed by atoms with E-state index < -0.39 is 0 Å². The van der Waals surface area contributed by atoms with Gasteiger partial charge in [-0.05, 0) is 23.8 Å². The van der Waals surface area contributed by atoms with Crippen LogP contribution in [0.25, 0.3) is 11.1 Å². The van der Waals surface area contributed by atoms with Gasteiger partial charge in [-0.15, -0.1) is 0 Å². The molecule has 0 radical (unpaired) electrons. The van der Waals surface area contributed by atoms with Gasteiger partial charge in [0.25, 0.3) is 0 Å². The summed E-state index contributed by atoms with van der Waals surface area (Å²) in [4.78, 5) is 3.07. The van der Waals surface area contributed by atoms with Crippen molar-refractivity contribution in [1.29, 1.82) is 5.26 Å². The predicted octanol–water partition coefficient (Wildman–Crippen LogP) is 5.03. The normalized spacial score (nSPS) is 9.95. The van der Waals surface area contributed by atoms with Crippen molar-refractivity contribution in [3.63, 3.8) is 0 Å². The fraction of sp³-hybridized carbons (Fsp3) is 0. The van der Waals surface area contributed by atoms with Crippen LogP contribution in [0.3, 0.4) is 0 Å². The van der Waals surface area contributed by atoms with Crippen LogP contribution in [-0.2, 0) is 0 Å². The van der Waals surface area contributed by atoms with E-state index in [1.807, 2.05) is 66.7 Å². The largest absolute Gasteiger partial charge is 0.342 e. The SMILES string of the molecule is N#Cc1c(-c2ccccc2)cc(Nc2ccccc2)[nH]c1=S. The Morgan fingerprint density at radius 1 is 0.955 bits per heavy atom. The zero-order chi connectivity index (χ0) is 15.4. The van der Waals surface area contributed by atoms with Crippen LogP contribution < -0.4 is 5.32 Å². The van der Waals surface area contributed by atoms with Gasteiger partial charge in [0.2, 0.25) is 0 Å². The van der Waals surface area contributed by atoms with E-state index in [9.17, 15) is 5.26 Å². The minimum atomic E-state index is 0.433. The van der Waals surface area contributed by atoms with Crippen molar-refractivity contribution in [3.8, 4) is 17.2 Å². The summed E-state index contributed by atoms with van der Waals surface area (Å²) in [5.41, 5.74) is 3.23. The molecule has 0 saturated heterocycles. The lowest BCUT2D eigenvalue weighted by Gasteiger charge is -2.10. The Labute approximate surface area is 133 Å². The van der Waals surface area contributed by atoms with Crippen molar-refractivity contribution in [2.75, 3.05) is 5.32 Å². The van der Waals surface area contributed by atoms with E-state index in [-0.39, 0.29) is 0 Å². The van der Waals surface area contributed by atoms with Crippen LogP contribution in [-0.4, -0.2) is 4.98 Å². The van der Waals surface area contributed by atoms with Gasteiger partial charge in [-0.25, -0.2) is 0 Å². The highest BCUT2D eigenvalue weighted by Crippen LogP contribution is 2.27. The molecule has 1 heterocycles. The standard InChI is InChI=1S/C18H13N3S/c19-12-16-15(13-7-3-1-4-8-13)11-17(21-18(16)22)20-14-9-5-2-6-10-14/h1-11H,(H2,20,21,22). The number of nitrogens with one attached hydrogen (secondary N) is 2. The summed E-state index contributed by atoms with van der Waals surface area (Å²) in [6.07, 6.45) is 0. The van der Waals surface area contributed by atoms with E-state index in [2.05, 4.69) is 16.4 Å². The lowest BCUT2D eigenvalue weighted by Crippen LogP contribution is -1.97. The van der Waals surface area contributed by atoms with E-state index in [1.165, 1.54) is 0 Å². The van der Waals surface area contributed by atoms with E-state index in [4.69, 9.17) is 12.2 Å². The Hall–Kier alpha value is -2.90. The summed E-state index contributed by atoms with van der Waals surface area (Å²) < 4.78 is 0.433. The molecule has 0 aliphatic heterocycles. The molecule has 106 valence electrons. The van der Waals surface area contributed by atoms with E-state index in [0.29, 0.717) is 10.2 Å². The number of H-pyrrole nitrogens is 1. The Kier molecular flexibility index (Phi) is 3.99. The van der Waals surface area contributed by atoms with Crippen molar-refractivity contribution in [2.24, 2.45) is 0 Å². The smallest absolute Gasteiger partial charge is 0.123 e. The maximum atomic E-state index is 9.38. The van der Waals surface area contributed by atoms with Crippen LogP contribution in [0, 0.1) is 16.0 Å². The van der Waals surface area contributed by atoms with Gasteiger partial charge in [-0.1, -0.05) is 60.7 Å². The maximum Gasteiger partial charge on any atom is 0.123 e. The Balaban J connectivity index is 2.10. The number of hydrogen-bond donors (Lipinski definition) is 2. The molecule has 0 atom stereocenters. The van der Waals surface area contributed by atoms with E-state index in [0.717, 1.165) is 22.6 Å². The van der Waals surface area contributed by atoms with Gasteiger partial charge in [0.1, 0.15) is 16.5 Å². The molecular formula is C18H13N3S. The molecule has 2 N–H and O–H groups in total. The minimum absolute atomic E-state index is 0.433. The highest BCUT2D eigenvalue weighted by atomic mass is 32.1.